The van der Waals surface area contributed by atoms with Crippen LogP contribution in [0.4, 0.5) is 0 Å². The van der Waals surface area contributed by atoms with Crippen LogP contribution in [0.5, 0.6) is 17.4 Å². The van der Waals surface area contributed by atoms with Crippen molar-refractivity contribution in [2.75, 3.05) is 14.2 Å². The Morgan fingerprint density at radius 2 is 1.50 bits per heavy atom. The molecular formula is C25H24N5O7P. The topological polar surface area (TPSA) is 155 Å². The number of hydrogen-bond acceptors (Lipinski definition) is 11. The maximum Gasteiger partial charge on any atom is 0.435 e. The van der Waals surface area contributed by atoms with E-state index < -0.39 is 19.5 Å². The first-order valence-electron chi connectivity index (χ1n) is 11.2. The van der Waals surface area contributed by atoms with Gasteiger partial charge in [-0.05, 0) is 47.5 Å². The number of amides is 1. The predicted molar refractivity (Wildman–Crippen MR) is 135 cm³/mol. The molecule has 0 fully saturated rings. The Hall–Kier alpha value is -4.38. The van der Waals surface area contributed by atoms with Gasteiger partial charge in [-0.3, -0.25) is 18.9 Å². The van der Waals surface area contributed by atoms with Gasteiger partial charge in [0.25, 0.3) is 5.91 Å². The van der Waals surface area contributed by atoms with E-state index in [2.05, 4.69) is 25.3 Å². The fraction of sp³-hybridized carbons (Fsp3) is 0.160. The van der Waals surface area contributed by atoms with Crippen LogP contribution in [0.1, 0.15) is 21.5 Å². The highest BCUT2D eigenvalue weighted by atomic mass is 31.2. The Kier molecular flexibility index (Phi) is 8.59. The third-order valence-corrected chi connectivity index (χ3v) is 6.59. The smallest absolute Gasteiger partial charge is 0.435 e. The molecule has 38 heavy (non-hydrogen) atoms. The highest BCUT2D eigenvalue weighted by molar-refractivity contribution is 7.52. The van der Waals surface area contributed by atoms with Crippen molar-refractivity contribution in [1.82, 2.24) is 25.3 Å². The van der Waals surface area contributed by atoms with Gasteiger partial charge in [-0.1, -0.05) is 24.3 Å². The summed E-state index contributed by atoms with van der Waals surface area (Å²) in [6.45, 7) is -0.281. The van der Waals surface area contributed by atoms with Crippen molar-refractivity contribution in [3.8, 4) is 28.9 Å². The van der Waals surface area contributed by atoms with Crippen LogP contribution in [-0.4, -0.2) is 45.4 Å². The number of carbonyl (C=O) groups excluding carboxylic acids is 1. The summed E-state index contributed by atoms with van der Waals surface area (Å²) >= 11 is 0. The molecule has 0 aliphatic heterocycles. The fourth-order valence-corrected chi connectivity index (χ4v) is 4.34. The number of ether oxygens (including phenoxy) is 2. The second-order valence-electron chi connectivity index (χ2n) is 7.72. The molecule has 1 amide bonds. The van der Waals surface area contributed by atoms with Crippen LogP contribution in [0, 0.1) is 0 Å². The molecule has 2 aromatic carbocycles. The Balaban J connectivity index is 1.52. The molecule has 0 saturated heterocycles. The Bertz CT molecular complexity index is 1370. The molecule has 0 atom stereocenters. The lowest BCUT2D eigenvalue weighted by Crippen LogP contribution is -2.23. The summed E-state index contributed by atoms with van der Waals surface area (Å²) in [7, 11) is -1.16. The van der Waals surface area contributed by atoms with E-state index >= 15 is 0 Å². The highest BCUT2D eigenvalue weighted by Gasteiger charge is 2.30. The van der Waals surface area contributed by atoms with Gasteiger partial charge in [-0.2, -0.15) is 10.1 Å². The quantitative estimate of drug-likeness (QED) is 0.267. The molecule has 0 aliphatic rings. The second kappa shape index (κ2) is 12.2. The molecule has 4 rings (SSSR count). The van der Waals surface area contributed by atoms with E-state index in [1.165, 1.54) is 6.20 Å². The van der Waals surface area contributed by atoms with Crippen molar-refractivity contribution in [2.45, 2.75) is 13.2 Å². The summed E-state index contributed by atoms with van der Waals surface area (Å²) in [6, 6.07) is 17.0. The van der Waals surface area contributed by atoms with Gasteiger partial charge in [0.1, 0.15) is 22.8 Å². The molecule has 0 unspecified atom stereocenters. The van der Waals surface area contributed by atoms with Crippen molar-refractivity contribution in [3.05, 3.63) is 89.7 Å². The van der Waals surface area contributed by atoms with E-state index in [1.54, 1.807) is 74.9 Å². The Morgan fingerprint density at radius 1 is 0.921 bits per heavy atom. The van der Waals surface area contributed by atoms with Gasteiger partial charge in [0.05, 0.1) is 27.4 Å². The molecule has 196 valence electrons. The average Bonchev–Trinajstić information content (AvgIpc) is 2.96. The normalized spacial score (nSPS) is 11.1. The molecule has 0 saturated carbocycles. The summed E-state index contributed by atoms with van der Waals surface area (Å²) < 4.78 is 35.1. The minimum atomic E-state index is -4.25. The second-order valence-corrected chi connectivity index (χ2v) is 9.46. The minimum Gasteiger partial charge on any atom is -0.497 e. The number of nitrogens with one attached hydrogen (secondary N) is 1. The molecule has 0 bridgehead atoms. The Morgan fingerprint density at radius 3 is 1.97 bits per heavy atom. The SMILES string of the molecule is COc1ccc(COP(=O)(NC(=O)c2cnc(-c3cccnn3)nc2O)OCc2ccc(OC)cc2)cc1. The average molecular weight is 537 g/mol. The molecule has 0 radical (unpaired) electrons. The standard InChI is InChI=1S/C25H24N5O7P/c1-34-19-9-5-17(6-10-19)15-36-38(33,37-16-18-7-11-20(35-2)12-8-18)30-25(32)21-14-26-23(28-24(21)31)22-4-3-13-27-29-22/h3-14H,15-16H2,1-2H3,(H,26,28,31)(H,30,32,33). The molecular weight excluding hydrogens is 513 g/mol. The molecule has 2 aromatic heterocycles. The lowest BCUT2D eigenvalue weighted by Gasteiger charge is -2.19. The number of aromatic nitrogens is 4. The summed E-state index contributed by atoms with van der Waals surface area (Å²) in [5, 5.41) is 20.2. The highest BCUT2D eigenvalue weighted by Crippen LogP contribution is 2.46. The molecule has 0 spiro atoms. The van der Waals surface area contributed by atoms with Gasteiger partial charge in [0.15, 0.2) is 5.82 Å². The number of nitrogens with zero attached hydrogens (tertiary/aromatic N) is 4. The van der Waals surface area contributed by atoms with Crippen LogP contribution in [0.2, 0.25) is 0 Å². The maximum atomic E-state index is 13.6. The van der Waals surface area contributed by atoms with Crippen LogP contribution >= 0.6 is 7.75 Å². The van der Waals surface area contributed by atoms with Crippen LogP contribution in [-0.2, 0) is 26.8 Å². The van der Waals surface area contributed by atoms with Crippen molar-refractivity contribution in [3.63, 3.8) is 0 Å². The van der Waals surface area contributed by atoms with E-state index in [4.69, 9.17) is 18.5 Å². The van der Waals surface area contributed by atoms with Crippen LogP contribution < -0.4 is 14.6 Å². The van der Waals surface area contributed by atoms with Gasteiger partial charge < -0.3 is 14.6 Å². The van der Waals surface area contributed by atoms with Crippen molar-refractivity contribution in [1.29, 1.82) is 0 Å². The van der Waals surface area contributed by atoms with Gasteiger partial charge in [0.2, 0.25) is 5.88 Å². The molecule has 4 aromatic rings. The van der Waals surface area contributed by atoms with E-state index in [0.29, 0.717) is 28.3 Å². The van der Waals surface area contributed by atoms with Gasteiger partial charge in [-0.15, -0.1) is 5.10 Å². The van der Waals surface area contributed by atoms with Crippen LogP contribution in [0.3, 0.4) is 0 Å². The summed E-state index contributed by atoms with van der Waals surface area (Å²) in [5.41, 5.74) is 1.28. The molecule has 13 heteroatoms. The lowest BCUT2D eigenvalue weighted by molar-refractivity contribution is 0.0949. The van der Waals surface area contributed by atoms with Gasteiger partial charge >= 0.3 is 7.75 Å². The first kappa shape index (κ1) is 26.7. The first-order valence-corrected chi connectivity index (χ1v) is 12.7. The molecule has 2 N–H and O–H groups in total. The Labute approximate surface area is 218 Å². The molecule has 12 nitrogen and oxygen atoms in total. The zero-order valence-corrected chi connectivity index (χ0v) is 21.4. The van der Waals surface area contributed by atoms with Crippen molar-refractivity contribution in [2.24, 2.45) is 0 Å². The van der Waals surface area contributed by atoms with Gasteiger partial charge in [-0.25, -0.2) is 9.55 Å². The number of benzene rings is 2. The van der Waals surface area contributed by atoms with Crippen molar-refractivity contribution < 1.29 is 33.0 Å². The third kappa shape index (κ3) is 6.88. The van der Waals surface area contributed by atoms with Crippen molar-refractivity contribution >= 4 is 13.7 Å². The maximum absolute atomic E-state index is 13.6. The van der Waals surface area contributed by atoms with Gasteiger partial charge in [0, 0.05) is 12.4 Å². The summed E-state index contributed by atoms with van der Waals surface area (Å²) in [5.74, 6) is -0.263. The number of methoxy groups -OCH3 is 2. The largest absolute Gasteiger partial charge is 0.497 e. The molecule has 0 aliphatic carbocycles. The first-order chi connectivity index (χ1) is 18.4. The number of hydrogen-bond donors (Lipinski definition) is 2. The van der Waals surface area contributed by atoms with E-state index in [0.717, 1.165) is 6.20 Å². The number of carbonyl (C=O) groups is 1. The summed E-state index contributed by atoms with van der Waals surface area (Å²) in [6.07, 6.45) is 2.56. The zero-order chi connectivity index (χ0) is 27.0. The lowest BCUT2D eigenvalue weighted by atomic mass is 10.2. The van der Waals surface area contributed by atoms with Crippen LogP contribution in [0.15, 0.2) is 73.1 Å². The number of rotatable bonds is 11. The summed E-state index contributed by atoms with van der Waals surface area (Å²) in [4.78, 5) is 20.9. The number of aromatic hydroxyl groups is 1. The van der Waals surface area contributed by atoms with E-state index in [9.17, 15) is 14.5 Å². The minimum absolute atomic E-state index is 0.0573. The third-order valence-electron chi connectivity index (χ3n) is 5.17. The van der Waals surface area contributed by atoms with E-state index in [-0.39, 0.29) is 24.6 Å². The zero-order valence-electron chi connectivity index (χ0n) is 20.5. The molecule has 2 heterocycles. The van der Waals surface area contributed by atoms with Crippen LogP contribution in [0.25, 0.3) is 11.5 Å². The monoisotopic (exact) mass is 537 g/mol. The van der Waals surface area contributed by atoms with E-state index in [1.807, 2.05) is 0 Å². The fourth-order valence-electron chi connectivity index (χ4n) is 3.13. The predicted octanol–water partition coefficient (Wildman–Crippen LogP) is 3.93.